The van der Waals surface area contributed by atoms with Crippen molar-refractivity contribution in [2.24, 2.45) is 0 Å². The monoisotopic (exact) mass is 322 g/mol. The first-order chi connectivity index (χ1) is 11.1. The third-order valence-electron chi connectivity index (χ3n) is 3.82. The number of hydrogen-bond acceptors (Lipinski definition) is 3. The molecule has 0 spiro atoms. The largest absolute Gasteiger partial charge is 0.494 e. The van der Waals surface area contributed by atoms with Gasteiger partial charge >= 0.3 is 0 Å². The summed E-state index contributed by atoms with van der Waals surface area (Å²) in [7, 11) is 4.26. The first kappa shape index (κ1) is 15.6. The molecule has 1 unspecified atom stereocenters. The van der Waals surface area contributed by atoms with E-state index in [0.29, 0.717) is 5.44 Å². The van der Waals surface area contributed by atoms with Crippen LogP contribution in [0.1, 0.15) is 11.1 Å². The lowest BCUT2D eigenvalue weighted by Crippen LogP contribution is -2.09. The summed E-state index contributed by atoms with van der Waals surface area (Å²) in [5.41, 5.74) is 7.04. The zero-order valence-electron chi connectivity index (χ0n) is 13.5. The van der Waals surface area contributed by atoms with Gasteiger partial charge in [-0.1, -0.05) is 68.9 Å². The van der Waals surface area contributed by atoms with Crippen LogP contribution in [-0.2, 0) is 0 Å². The van der Waals surface area contributed by atoms with E-state index in [1.54, 1.807) is 7.11 Å². The van der Waals surface area contributed by atoms with Gasteiger partial charge in [-0.05, 0) is 19.4 Å². The highest BCUT2D eigenvalue weighted by molar-refractivity contribution is 7.27. The lowest BCUT2D eigenvalue weighted by atomic mass is 9.98. The molecule has 1 atom stereocenters. The molecule has 0 N–H and O–H groups in total. The molecule has 4 heteroatoms. The molecule has 0 saturated carbocycles. The van der Waals surface area contributed by atoms with Crippen molar-refractivity contribution in [1.82, 2.24) is 10.2 Å². The summed E-state index contributed by atoms with van der Waals surface area (Å²) in [4.78, 5) is 0. The van der Waals surface area contributed by atoms with Crippen LogP contribution >= 0.6 is 9.24 Å². The topological polar surface area (TPSA) is 35.0 Å². The lowest BCUT2D eigenvalue weighted by molar-refractivity contribution is 0.418. The Bertz CT molecular complexity index is 827. The van der Waals surface area contributed by atoms with Gasteiger partial charge < -0.3 is 4.74 Å². The molecule has 2 aromatic carbocycles. The van der Waals surface area contributed by atoms with Gasteiger partial charge in [0.05, 0.1) is 12.7 Å². The normalized spacial score (nSPS) is 10.6. The highest BCUT2D eigenvalue weighted by Gasteiger charge is 2.18. The molecule has 3 nitrogen and oxygen atoms in total. The van der Waals surface area contributed by atoms with Gasteiger partial charge in [0.2, 0.25) is 0 Å². The number of rotatable bonds is 3. The van der Waals surface area contributed by atoms with Gasteiger partial charge in [-0.25, -0.2) is 0 Å². The summed E-state index contributed by atoms with van der Waals surface area (Å²) in [5, 5.41) is 8.68. The maximum atomic E-state index is 5.62. The fraction of sp³-hybridized carbons (Fsp3) is 0.158. The van der Waals surface area contributed by atoms with Crippen molar-refractivity contribution in [3.63, 3.8) is 0 Å². The van der Waals surface area contributed by atoms with E-state index in [1.165, 1.54) is 11.1 Å². The third kappa shape index (κ3) is 3.11. The standard InChI is InChI=1S/C19H19N2OP/c1-12-4-8-14(9-5-12)16-17(15-10-6-13(2)7-11-15)20-21-19(23)18(16)22-3/h4-11H,23H2,1-3H3. The fourth-order valence-corrected chi connectivity index (χ4v) is 2.86. The molecule has 0 radical (unpaired) electrons. The van der Waals surface area contributed by atoms with Crippen molar-refractivity contribution in [2.75, 3.05) is 7.11 Å². The van der Waals surface area contributed by atoms with Crippen molar-refractivity contribution in [3.8, 4) is 28.1 Å². The van der Waals surface area contributed by atoms with Crippen LogP contribution in [0, 0.1) is 13.8 Å². The molecule has 0 fully saturated rings. The van der Waals surface area contributed by atoms with Gasteiger partial charge in [0.15, 0.2) is 5.75 Å². The average Bonchev–Trinajstić information content (AvgIpc) is 2.56. The Kier molecular flexibility index (Phi) is 4.40. The minimum Gasteiger partial charge on any atom is -0.494 e. The molecular weight excluding hydrogens is 303 g/mol. The summed E-state index contributed by atoms with van der Waals surface area (Å²) < 4.78 is 5.62. The Morgan fingerprint density at radius 2 is 1.30 bits per heavy atom. The highest BCUT2D eigenvalue weighted by Crippen LogP contribution is 2.37. The van der Waals surface area contributed by atoms with E-state index in [0.717, 1.165) is 28.1 Å². The lowest BCUT2D eigenvalue weighted by Gasteiger charge is -2.15. The van der Waals surface area contributed by atoms with Gasteiger partial charge in [-0.3, -0.25) is 0 Å². The second-order valence-corrected chi connectivity index (χ2v) is 6.12. The van der Waals surface area contributed by atoms with E-state index in [9.17, 15) is 0 Å². The van der Waals surface area contributed by atoms with Crippen LogP contribution in [0.15, 0.2) is 48.5 Å². The maximum absolute atomic E-state index is 5.62. The summed E-state index contributed by atoms with van der Waals surface area (Å²) >= 11 is 0. The predicted octanol–water partition coefficient (Wildman–Crippen LogP) is 3.94. The van der Waals surface area contributed by atoms with E-state index >= 15 is 0 Å². The Morgan fingerprint density at radius 1 is 0.783 bits per heavy atom. The van der Waals surface area contributed by atoms with E-state index < -0.39 is 0 Å². The fourth-order valence-electron chi connectivity index (χ4n) is 2.54. The number of benzene rings is 2. The van der Waals surface area contributed by atoms with Crippen molar-refractivity contribution in [3.05, 3.63) is 59.7 Å². The molecule has 3 rings (SSSR count). The van der Waals surface area contributed by atoms with Crippen LogP contribution in [0.3, 0.4) is 0 Å². The Labute approximate surface area is 138 Å². The number of aromatic nitrogens is 2. The van der Waals surface area contributed by atoms with Gasteiger partial charge in [-0.2, -0.15) is 0 Å². The molecule has 0 saturated heterocycles. The second kappa shape index (κ2) is 6.47. The van der Waals surface area contributed by atoms with E-state index in [1.807, 2.05) is 0 Å². The number of aryl methyl sites for hydroxylation is 2. The minimum atomic E-state index is 0.707. The van der Waals surface area contributed by atoms with Crippen LogP contribution in [0.5, 0.6) is 5.75 Å². The summed E-state index contributed by atoms with van der Waals surface area (Å²) in [6.07, 6.45) is 0. The molecule has 1 aromatic heterocycles. The van der Waals surface area contributed by atoms with E-state index in [-0.39, 0.29) is 0 Å². The number of nitrogens with zero attached hydrogens (tertiary/aromatic N) is 2. The molecule has 1 heterocycles. The molecule has 116 valence electrons. The minimum absolute atomic E-state index is 0.707. The Morgan fingerprint density at radius 3 is 1.83 bits per heavy atom. The Balaban J connectivity index is 2.27. The SMILES string of the molecule is COc1c(P)nnc(-c2ccc(C)cc2)c1-c1ccc(C)cc1. The zero-order valence-corrected chi connectivity index (χ0v) is 14.7. The van der Waals surface area contributed by atoms with E-state index in [2.05, 4.69) is 81.8 Å². The van der Waals surface area contributed by atoms with Crippen molar-refractivity contribution in [1.29, 1.82) is 0 Å². The van der Waals surface area contributed by atoms with Gasteiger partial charge in [0, 0.05) is 5.56 Å². The first-order valence-corrected chi connectivity index (χ1v) is 8.02. The van der Waals surface area contributed by atoms with Crippen molar-refractivity contribution < 1.29 is 4.74 Å². The first-order valence-electron chi connectivity index (χ1n) is 7.44. The molecule has 0 aliphatic carbocycles. The molecular formula is C19H19N2OP. The summed E-state index contributed by atoms with van der Waals surface area (Å²) in [6, 6.07) is 16.7. The predicted molar refractivity (Wildman–Crippen MR) is 98.3 cm³/mol. The summed E-state index contributed by atoms with van der Waals surface area (Å²) in [5.74, 6) is 0.740. The molecule has 0 aliphatic rings. The molecule has 0 aliphatic heterocycles. The van der Waals surface area contributed by atoms with Gasteiger partial charge in [0.1, 0.15) is 11.1 Å². The van der Waals surface area contributed by atoms with Crippen LogP contribution in [-0.4, -0.2) is 17.3 Å². The quantitative estimate of drug-likeness (QED) is 0.685. The maximum Gasteiger partial charge on any atom is 0.156 e. The molecule has 23 heavy (non-hydrogen) atoms. The molecule has 0 bridgehead atoms. The number of methoxy groups -OCH3 is 1. The zero-order chi connectivity index (χ0) is 16.4. The van der Waals surface area contributed by atoms with Crippen LogP contribution in [0.4, 0.5) is 0 Å². The van der Waals surface area contributed by atoms with Crippen LogP contribution < -0.4 is 10.2 Å². The smallest absolute Gasteiger partial charge is 0.156 e. The van der Waals surface area contributed by atoms with Gasteiger partial charge in [0.25, 0.3) is 0 Å². The third-order valence-corrected chi connectivity index (χ3v) is 4.20. The highest BCUT2D eigenvalue weighted by atomic mass is 31.0. The number of ether oxygens (including phenoxy) is 1. The number of hydrogen-bond donors (Lipinski definition) is 0. The molecule has 3 aromatic rings. The summed E-state index contributed by atoms with van der Waals surface area (Å²) in [6.45, 7) is 4.15. The van der Waals surface area contributed by atoms with E-state index in [4.69, 9.17) is 4.74 Å². The van der Waals surface area contributed by atoms with Crippen molar-refractivity contribution >= 4 is 14.7 Å². The molecule has 0 amide bonds. The second-order valence-electron chi connectivity index (χ2n) is 5.57. The Hall–Kier alpha value is -2.25. The van der Waals surface area contributed by atoms with Crippen LogP contribution in [0.2, 0.25) is 0 Å². The van der Waals surface area contributed by atoms with Gasteiger partial charge in [-0.15, -0.1) is 10.2 Å². The van der Waals surface area contributed by atoms with Crippen molar-refractivity contribution in [2.45, 2.75) is 13.8 Å². The average molecular weight is 322 g/mol. The van der Waals surface area contributed by atoms with Crippen LogP contribution in [0.25, 0.3) is 22.4 Å².